The first-order valence-electron chi connectivity index (χ1n) is 7.44. The fraction of sp³-hybridized carbons (Fsp3) is 0.562. The van der Waals surface area contributed by atoms with Gasteiger partial charge in [0.2, 0.25) is 5.91 Å². The predicted octanol–water partition coefficient (Wildman–Crippen LogP) is 1.47. The van der Waals surface area contributed by atoms with Gasteiger partial charge in [-0.15, -0.1) is 0 Å². The lowest BCUT2D eigenvalue weighted by Gasteiger charge is -2.25. The summed E-state index contributed by atoms with van der Waals surface area (Å²) in [5, 5.41) is 6.33. The van der Waals surface area contributed by atoms with E-state index in [-0.39, 0.29) is 11.9 Å². The van der Waals surface area contributed by atoms with Gasteiger partial charge in [-0.1, -0.05) is 12.1 Å². The summed E-state index contributed by atoms with van der Waals surface area (Å²) in [5.41, 5.74) is 0.996. The number of methoxy groups -OCH3 is 1. The number of carbonyl (C=O) groups is 1. The molecule has 1 saturated heterocycles. The maximum atomic E-state index is 12.1. The SMILES string of the molecule is COc1cccc(COC(C)C(=O)NC2CCNCC2)c1. The molecule has 0 bridgehead atoms. The van der Waals surface area contributed by atoms with Crippen LogP contribution in [0.15, 0.2) is 24.3 Å². The first kappa shape index (κ1) is 15.8. The molecule has 1 aliphatic heterocycles. The average Bonchev–Trinajstić information content (AvgIpc) is 2.53. The van der Waals surface area contributed by atoms with Crippen molar-refractivity contribution in [1.29, 1.82) is 0 Å². The van der Waals surface area contributed by atoms with Crippen LogP contribution < -0.4 is 15.4 Å². The molecule has 116 valence electrons. The van der Waals surface area contributed by atoms with Gasteiger partial charge in [-0.2, -0.15) is 0 Å². The summed E-state index contributed by atoms with van der Waals surface area (Å²) in [6.07, 6.45) is 1.51. The van der Waals surface area contributed by atoms with Crippen LogP contribution in [0, 0.1) is 0 Å². The molecule has 2 rings (SSSR count). The van der Waals surface area contributed by atoms with Gasteiger partial charge in [0.1, 0.15) is 11.9 Å². The van der Waals surface area contributed by atoms with Gasteiger partial charge in [-0.05, 0) is 50.6 Å². The van der Waals surface area contributed by atoms with Crippen LogP contribution in [0.3, 0.4) is 0 Å². The van der Waals surface area contributed by atoms with E-state index in [2.05, 4.69) is 10.6 Å². The predicted molar refractivity (Wildman–Crippen MR) is 81.3 cm³/mol. The van der Waals surface area contributed by atoms with Crippen LogP contribution >= 0.6 is 0 Å². The quantitative estimate of drug-likeness (QED) is 0.833. The normalized spacial score (nSPS) is 17.2. The summed E-state index contributed by atoms with van der Waals surface area (Å²) < 4.78 is 10.8. The molecular formula is C16H24N2O3. The number of amides is 1. The Morgan fingerprint density at radius 2 is 2.19 bits per heavy atom. The maximum absolute atomic E-state index is 12.1. The van der Waals surface area contributed by atoms with E-state index in [9.17, 15) is 4.79 Å². The number of nitrogens with one attached hydrogen (secondary N) is 2. The molecule has 1 aromatic carbocycles. The van der Waals surface area contributed by atoms with Crippen molar-refractivity contribution in [2.75, 3.05) is 20.2 Å². The first-order valence-corrected chi connectivity index (χ1v) is 7.44. The Morgan fingerprint density at radius 3 is 2.90 bits per heavy atom. The van der Waals surface area contributed by atoms with Crippen molar-refractivity contribution in [3.63, 3.8) is 0 Å². The molecule has 0 aromatic heterocycles. The van der Waals surface area contributed by atoms with Crippen molar-refractivity contribution in [3.05, 3.63) is 29.8 Å². The zero-order chi connectivity index (χ0) is 15.1. The van der Waals surface area contributed by atoms with Crippen LogP contribution in [0.1, 0.15) is 25.3 Å². The second-order valence-electron chi connectivity index (χ2n) is 5.34. The topological polar surface area (TPSA) is 59.6 Å². The van der Waals surface area contributed by atoms with Gasteiger partial charge in [0.15, 0.2) is 0 Å². The van der Waals surface area contributed by atoms with E-state index < -0.39 is 6.10 Å². The number of ether oxygens (including phenoxy) is 2. The fourth-order valence-corrected chi connectivity index (χ4v) is 2.34. The molecule has 1 aromatic rings. The Balaban J connectivity index is 1.77. The van der Waals surface area contributed by atoms with E-state index in [1.165, 1.54) is 0 Å². The smallest absolute Gasteiger partial charge is 0.249 e. The molecule has 1 atom stereocenters. The van der Waals surface area contributed by atoms with Crippen LogP contribution in [0.4, 0.5) is 0 Å². The fourth-order valence-electron chi connectivity index (χ4n) is 2.34. The minimum atomic E-state index is -0.453. The second kappa shape index (κ2) is 8.00. The number of carbonyl (C=O) groups excluding carboxylic acids is 1. The van der Waals surface area contributed by atoms with Crippen LogP contribution in [-0.2, 0) is 16.1 Å². The second-order valence-corrected chi connectivity index (χ2v) is 5.34. The van der Waals surface area contributed by atoms with Gasteiger partial charge in [0, 0.05) is 6.04 Å². The molecule has 1 heterocycles. The van der Waals surface area contributed by atoms with E-state index in [1.807, 2.05) is 24.3 Å². The van der Waals surface area contributed by atoms with Crippen LogP contribution in [0.25, 0.3) is 0 Å². The van der Waals surface area contributed by atoms with E-state index in [1.54, 1.807) is 14.0 Å². The highest BCUT2D eigenvalue weighted by Gasteiger charge is 2.19. The van der Waals surface area contributed by atoms with Gasteiger partial charge < -0.3 is 20.1 Å². The van der Waals surface area contributed by atoms with Crippen molar-refractivity contribution in [2.24, 2.45) is 0 Å². The number of piperidine rings is 1. The standard InChI is InChI=1S/C16H24N2O3/c1-12(16(19)18-14-6-8-17-9-7-14)21-11-13-4-3-5-15(10-13)20-2/h3-5,10,12,14,17H,6-9,11H2,1-2H3,(H,18,19). The van der Waals surface area contributed by atoms with Crippen molar-refractivity contribution in [2.45, 2.75) is 38.5 Å². The molecule has 0 spiro atoms. The molecule has 0 radical (unpaired) electrons. The summed E-state index contributed by atoms with van der Waals surface area (Å²) >= 11 is 0. The van der Waals surface area contributed by atoms with Crippen LogP contribution in [0.5, 0.6) is 5.75 Å². The van der Waals surface area contributed by atoms with Gasteiger partial charge in [0.05, 0.1) is 13.7 Å². The van der Waals surface area contributed by atoms with Crippen molar-refractivity contribution >= 4 is 5.91 Å². The van der Waals surface area contributed by atoms with E-state index in [0.29, 0.717) is 6.61 Å². The molecule has 1 aliphatic rings. The van der Waals surface area contributed by atoms with Crippen LogP contribution in [0.2, 0.25) is 0 Å². The third-order valence-corrected chi connectivity index (χ3v) is 3.69. The Hall–Kier alpha value is -1.59. The molecule has 5 nitrogen and oxygen atoms in total. The molecule has 1 unspecified atom stereocenters. The molecule has 5 heteroatoms. The lowest BCUT2D eigenvalue weighted by atomic mass is 10.1. The van der Waals surface area contributed by atoms with Crippen molar-refractivity contribution in [3.8, 4) is 5.75 Å². The minimum Gasteiger partial charge on any atom is -0.497 e. The van der Waals surface area contributed by atoms with E-state index >= 15 is 0 Å². The summed E-state index contributed by atoms with van der Waals surface area (Å²) in [6, 6.07) is 7.94. The van der Waals surface area contributed by atoms with E-state index in [0.717, 1.165) is 37.2 Å². The van der Waals surface area contributed by atoms with Gasteiger partial charge >= 0.3 is 0 Å². The molecule has 0 saturated carbocycles. The highest BCUT2D eigenvalue weighted by Crippen LogP contribution is 2.14. The van der Waals surface area contributed by atoms with Crippen molar-refractivity contribution < 1.29 is 14.3 Å². The summed E-state index contributed by atoms with van der Waals surface area (Å²) in [6.45, 7) is 4.11. The zero-order valence-corrected chi connectivity index (χ0v) is 12.7. The van der Waals surface area contributed by atoms with Crippen molar-refractivity contribution in [1.82, 2.24) is 10.6 Å². The number of benzene rings is 1. The molecule has 1 fully saturated rings. The molecule has 21 heavy (non-hydrogen) atoms. The zero-order valence-electron chi connectivity index (χ0n) is 12.7. The molecule has 2 N–H and O–H groups in total. The Kier molecular flexibility index (Phi) is 6.02. The largest absolute Gasteiger partial charge is 0.497 e. The minimum absolute atomic E-state index is 0.0372. The lowest BCUT2D eigenvalue weighted by molar-refractivity contribution is -0.133. The highest BCUT2D eigenvalue weighted by atomic mass is 16.5. The first-order chi connectivity index (χ1) is 10.2. The lowest BCUT2D eigenvalue weighted by Crippen LogP contribution is -2.46. The van der Waals surface area contributed by atoms with Gasteiger partial charge in [0.25, 0.3) is 0 Å². The Morgan fingerprint density at radius 1 is 1.43 bits per heavy atom. The summed E-state index contributed by atoms with van der Waals surface area (Å²) in [7, 11) is 1.63. The average molecular weight is 292 g/mol. The third-order valence-electron chi connectivity index (χ3n) is 3.69. The molecular weight excluding hydrogens is 268 g/mol. The highest BCUT2D eigenvalue weighted by molar-refractivity contribution is 5.80. The number of rotatable bonds is 6. The van der Waals surface area contributed by atoms with E-state index in [4.69, 9.17) is 9.47 Å². The molecule has 0 aliphatic carbocycles. The Labute approximate surface area is 126 Å². The number of hydrogen-bond acceptors (Lipinski definition) is 4. The van der Waals surface area contributed by atoms with Crippen LogP contribution in [-0.4, -0.2) is 38.3 Å². The maximum Gasteiger partial charge on any atom is 0.249 e. The van der Waals surface area contributed by atoms with Gasteiger partial charge in [-0.3, -0.25) is 4.79 Å². The van der Waals surface area contributed by atoms with Gasteiger partial charge in [-0.25, -0.2) is 0 Å². The third kappa shape index (κ3) is 5.02. The molecule has 1 amide bonds. The summed E-state index contributed by atoms with van der Waals surface area (Å²) in [5.74, 6) is 0.757. The Bertz CT molecular complexity index is 459. The summed E-state index contributed by atoms with van der Waals surface area (Å²) in [4.78, 5) is 12.1. The monoisotopic (exact) mass is 292 g/mol. The number of hydrogen-bond donors (Lipinski definition) is 2.